The van der Waals surface area contributed by atoms with Crippen molar-refractivity contribution in [1.82, 2.24) is 15.5 Å². The normalized spacial score (nSPS) is 12.5. The van der Waals surface area contributed by atoms with Crippen molar-refractivity contribution in [3.63, 3.8) is 0 Å². The van der Waals surface area contributed by atoms with Gasteiger partial charge in [0.1, 0.15) is 17.7 Å². The molecule has 2 amide bonds. The molecule has 0 radical (unpaired) electrons. The monoisotopic (exact) mass is 499 g/mol. The molecule has 198 valence electrons. The maximum atomic E-state index is 13.4. The molecule has 1 aromatic rings. The van der Waals surface area contributed by atoms with Gasteiger partial charge in [0.05, 0.1) is 13.7 Å². The van der Waals surface area contributed by atoms with Gasteiger partial charge in [0.25, 0.3) is 0 Å². The molecular weight excluding hydrogens is 458 g/mol. The topological polar surface area (TPSA) is 97.0 Å². The molecular formula is C28H41N3O5. The molecule has 8 nitrogen and oxygen atoms in total. The van der Waals surface area contributed by atoms with Crippen LogP contribution in [-0.2, 0) is 30.3 Å². The van der Waals surface area contributed by atoms with Crippen LogP contribution in [0.5, 0.6) is 0 Å². The summed E-state index contributed by atoms with van der Waals surface area (Å²) in [5.41, 5.74) is 2.33. The van der Waals surface area contributed by atoms with Crippen molar-refractivity contribution in [2.45, 2.75) is 64.6 Å². The summed E-state index contributed by atoms with van der Waals surface area (Å²) in [7, 11) is 2.97. The third kappa shape index (κ3) is 9.60. The Hall–Kier alpha value is -3.55. The highest BCUT2D eigenvalue weighted by molar-refractivity contribution is 5.90. The van der Waals surface area contributed by atoms with Crippen molar-refractivity contribution in [3.05, 3.63) is 72.7 Å². The number of amides is 2. The van der Waals surface area contributed by atoms with Crippen molar-refractivity contribution in [1.29, 1.82) is 0 Å². The highest BCUT2D eigenvalue weighted by atomic mass is 16.5. The molecule has 36 heavy (non-hydrogen) atoms. The molecule has 2 N–H and O–H groups in total. The molecule has 0 aliphatic rings. The predicted molar refractivity (Wildman–Crippen MR) is 142 cm³/mol. The van der Waals surface area contributed by atoms with Gasteiger partial charge in [0, 0.05) is 7.05 Å². The average molecular weight is 500 g/mol. The molecule has 8 heteroatoms. The number of allylic oxidation sites excluding steroid dienone is 2. The number of carbonyl (C=O) groups excluding carboxylic acids is 3. The SMILES string of the molecule is C=CCCC(NC(=O)CNC(=O)C(c1ccc(C)c(CC=C)c1)N(C)C(=C)OC(C)(C)C)C(=O)OC. The van der Waals surface area contributed by atoms with E-state index in [1.807, 2.05) is 45.9 Å². The summed E-state index contributed by atoms with van der Waals surface area (Å²) in [6, 6.07) is 4.13. The average Bonchev–Trinajstić information content (AvgIpc) is 2.80. The molecule has 0 aromatic heterocycles. The standard InChI is InChI=1S/C28H41N3O5/c1-10-12-14-23(27(34)35-9)30-24(32)18-29-26(33)25(31(8)20(4)36-28(5,6)7)22-16-15-19(3)21(17-22)13-11-2/h10-11,15-17,23,25H,1-2,4,12-14,18H2,3,5-9H3,(H,29,33)(H,30,32). The maximum absolute atomic E-state index is 13.4. The zero-order valence-corrected chi connectivity index (χ0v) is 22.5. The minimum Gasteiger partial charge on any atom is -0.474 e. The number of esters is 1. The van der Waals surface area contributed by atoms with Gasteiger partial charge in [-0.25, -0.2) is 4.79 Å². The lowest BCUT2D eigenvalue weighted by Crippen LogP contribution is -2.47. The van der Waals surface area contributed by atoms with Gasteiger partial charge in [-0.15, -0.1) is 13.2 Å². The molecule has 0 bridgehead atoms. The van der Waals surface area contributed by atoms with Crippen LogP contribution in [-0.4, -0.2) is 55.0 Å². The van der Waals surface area contributed by atoms with E-state index < -0.39 is 35.5 Å². The van der Waals surface area contributed by atoms with Crippen molar-refractivity contribution in [2.75, 3.05) is 20.7 Å². The fraction of sp³-hybridized carbons (Fsp3) is 0.464. The molecule has 2 atom stereocenters. The van der Waals surface area contributed by atoms with Crippen LogP contribution in [0.1, 0.15) is 56.3 Å². The van der Waals surface area contributed by atoms with E-state index in [1.165, 1.54) is 7.11 Å². The second-order valence-electron chi connectivity index (χ2n) is 9.53. The van der Waals surface area contributed by atoms with Gasteiger partial charge in [-0.3, -0.25) is 9.59 Å². The predicted octanol–water partition coefficient (Wildman–Crippen LogP) is 3.72. The van der Waals surface area contributed by atoms with Crippen LogP contribution in [0, 0.1) is 6.92 Å². The zero-order chi connectivity index (χ0) is 27.5. The third-order valence-electron chi connectivity index (χ3n) is 5.41. The zero-order valence-electron chi connectivity index (χ0n) is 22.5. The maximum Gasteiger partial charge on any atom is 0.328 e. The lowest BCUT2D eigenvalue weighted by molar-refractivity contribution is -0.145. The third-order valence-corrected chi connectivity index (χ3v) is 5.41. The van der Waals surface area contributed by atoms with E-state index in [1.54, 1.807) is 24.1 Å². The van der Waals surface area contributed by atoms with Gasteiger partial charge in [-0.05, 0) is 70.2 Å². The molecule has 0 saturated heterocycles. The van der Waals surface area contributed by atoms with E-state index in [2.05, 4.69) is 30.4 Å². The Morgan fingerprint density at radius 2 is 1.83 bits per heavy atom. The van der Waals surface area contributed by atoms with Gasteiger partial charge in [-0.1, -0.05) is 30.4 Å². The fourth-order valence-electron chi connectivity index (χ4n) is 3.54. The molecule has 1 aromatic carbocycles. The van der Waals surface area contributed by atoms with Crippen LogP contribution in [0.25, 0.3) is 0 Å². The number of benzene rings is 1. The first kappa shape index (κ1) is 30.5. The van der Waals surface area contributed by atoms with E-state index in [0.29, 0.717) is 25.1 Å². The van der Waals surface area contributed by atoms with Crippen LogP contribution < -0.4 is 10.6 Å². The number of nitrogens with one attached hydrogen (secondary N) is 2. The summed E-state index contributed by atoms with van der Waals surface area (Å²) in [5, 5.41) is 5.29. The number of likely N-dealkylation sites (N-methyl/N-ethyl adjacent to an activating group) is 1. The number of methoxy groups -OCH3 is 1. The lowest BCUT2D eigenvalue weighted by Gasteiger charge is -2.34. The molecule has 0 aliphatic carbocycles. The highest BCUT2D eigenvalue weighted by Crippen LogP contribution is 2.27. The van der Waals surface area contributed by atoms with Crippen molar-refractivity contribution >= 4 is 17.8 Å². The smallest absolute Gasteiger partial charge is 0.328 e. The minimum absolute atomic E-state index is 0.313. The Labute approximate surface area is 215 Å². The Balaban J connectivity index is 3.14. The van der Waals surface area contributed by atoms with Gasteiger partial charge in [-0.2, -0.15) is 0 Å². The first-order chi connectivity index (χ1) is 16.8. The Kier molecular flexibility index (Phi) is 12.0. The van der Waals surface area contributed by atoms with Gasteiger partial charge in [0.2, 0.25) is 11.8 Å². The van der Waals surface area contributed by atoms with Crippen molar-refractivity contribution < 1.29 is 23.9 Å². The van der Waals surface area contributed by atoms with E-state index in [-0.39, 0.29) is 6.54 Å². The molecule has 0 heterocycles. The van der Waals surface area contributed by atoms with Gasteiger partial charge >= 0.3 is 5.97 Å². The number of hydrogen-bond donors (Lipinski definition) is 2. The number of carbonyl (C=O) groups is 3. The second kappa shape index (κ2) is 14.1. The minimum atomic E-state index is -0.825. The summed E-state index contributed by atoms with van der Waals surface area (Å²) >= 11 is 0. The van der Waals surface area contributed by atoms with E-state index >= 15 is 0 Å². The first-order valence-corrected chi connectivity index (χ1v) is 11.9. The van der Waals surface area contributed by atoms with Crippen LogP contribution in [0.4, 0.5) is 0 Å². The fourth-order valence-corrected chi connectivity index (χ4v) is 3.54. The van der Waals surface area contributed by atoms with Crippen LogP contribution in [0.15, 0.2) is 56.0 Å². The molecule has 0 fully saturated rings. The number of hydrogen-bond acceptors (Lipinski definition) is 6. The number of aryl methyl sites for hydroxylation is 1. The summed E-state index contributed by atoms with van der Waals surface area (Å²) in [6.07, 6.45) is 4.98. The van der Waals surface area contributed by atoms with Gasteiger partial charge in [0.15, 0.2) is 5.88 Å². The molecule has 2 unspecified atom stereocenters. The van der Waals surface area contributed by atoms with E-state index in [0.717, 1.165) is 16.7 Å². The van der Waals surface area contributed by atoms with Crippen LogP contribution in [0.3, 0.4) is 0 Å². The number of rotatable bonds is 14. The summed E-state index contributed by atoms with van der Waals surface area (Å²) in [4.78, 5) is 39.6. The molecule has 0 saturated carbocycles. The Morgan fingerprint density at radius 3 is 2.39 bits per heavy atom. The van der Waals surface area contributed by atoms with E-state index in [9.17, 15) is 14.4 Å². The van der Waals surface area contributed by atoms with Crippen molar-refractivity contribution in [2.24, 2.45) is 0 Å². The molecule has 0 aliphatic heterocycles. The first-order valence-electron chi connectivity index (χ1n) is 11.9. The molecule has 1 rings (SSSR count). The van der Waals surface area contributed by atoms with E-state index in [4.69, 9.17) is 9.47 Å². The largest absolute Gasteiger partial charge is 0.474 e. The van der Waals surface area contributed by atoms with Crippen LogP contribution >= 0.6 is 0 Å². The molecule has 0 spiro atoms. The summed E-state index contributed by atoms with van der Waals surface area (Å²) in [5.74, 6) is -1.17. The highest BCUT2D eigenvalue weighted by Gasteiger charge is 2.30. The Bertz CT molecular complexity index is 964. The van der Waals surface area contributed by atoms with Crippen LogP contribution in [0.2, 0.25) is 0 Å². The van der Waals surface area contributed by atoms with Crippen molar-refractivity contribution in [3.8, 4) is 0 Å². The summed E-state index contributed by atoms with van der Waals surface area (Å²) < 4.78 is 10.7. The van der Waals surface area contributed by atoms with Gasteiger partial charge < -0.3 is 25.0 Å². The quantitative estimate of drug-likeness (QED) is 0.230. The number of nitrogens with zero attached hydrogens (tertiary/aromatic N) is 1. The number of ether oxygens (including phenoxy) is 2. The lowest BCUT2D eigenvalue weighted by atomic mass is 9.97. The summed E-state index contributed by atoms with van der Waals surface area (Å²) in [6.45, 7) is 18.8. The Morgan fingerprint density at radius 1 is 1.17 bits per heavy atom. The second-order valence-corrected chi connectivity index (χ2v) is 9.53.